The Labute approximate surface area is 131 Å². The molecule has 0 spiro atoms. The van der Waals surface area contributed by atoms with E-state index >= 15 is 0 Å². The summed E-state index contributed by atoms with van der Waals surface area (Å²) in [5.74, 6) is 0. The second-order valence-corrected chi connectivity index (χ2v) is 9.86. The first-order chi connectivity index (χ1) is 10.4. The molecule has 0 N–H and O–H groups in total. The maximum Gasteiger partial charge on any atom is 0.246 e. The molecule has 3 heterocycles. The van der Waals surface area contributed by atoms with Gasteiger partial charge in [0.1, 0.15) is 11.2 Å². The number of hydrogen-bond donors (Lipinski definition) is 0. The van der Waals surface area contributed by atoms with Crippen LogP contribution in [0.5, 0.6) is 0 Å². The predicted octanol–water partition coefficient (Wildman–Crippen LogP) is 0.858. The van der Waals surface area contributed by atoms with Crippen molar-refractivity contribution in [3.8, 4) is 0 Å². The summed E-state index contributed by atoms with van der Waals surface area (Å²) in [6.45, 7) is 1.64. The van der Waals surface area contributed by atoms with Crippen molar-refractivity contribution in [1.29, 1.82) is 0 Å². The molecular weight excluding hydrogens is 328 g/mol. The maximum absolute atomic E-state index is 12.5. The van der Waals surface area contributed by atoms with E-state index in [2.05, 4.69) is 0 Å². The van der Waals surface area contributed by atoms with E-state index in [-0.39, 0.29) is 18.0 Å². The fraction of sp³-hybridized carbons (Fsp3) is 0.692. The van der Waals surface area contributed by atoms with Gasteiger partial charge in [0.2, 0.25) is 20.0 Å². The number of nitrogens with zero attached hydrogens (tertiary/aromatic N) is 2. The third-order valence-electron chi connectivity index (χ3n) is 4.38. The highest BCUT2D eigenvalue weighted by atomic mass is 32.2. The van der Waals surface area contributed by atoms with Crippen molar-refractivity contribution in [2.75, 3.05) is 26.2 Å². The molecular formula is C13H20N2O5S2. The summed E-state index contributed by atoms with van der Waals surface area (Å²) in [6, 6.07) is 1.41. The molecule has 3 rings (SSSR count). The summed E-state index contributed by atoms with van der Waals surface area (Å²) in [4.78, 5) is 0.119. The standard InChI is InChI=1S/C13H20N2O5S2/c16-21(17,14-6-1-2-7-14)12-3-8-15(9-4-12)22(18,19)13-5-10-20-11-13/h5,10-12H,1-4,6-9H2. The van der Waals surface area contributed by atoms with E-state index in [0.29, 0.717) is 25.9 Å². The number of hydrogen-bond acceptors (Lipinski definition) is 5. The van der Waals surface area contributed by atoms with Gasteiger partial charge in [-0.2, -0.15) is 4.31 Å². The van der Waals surface area contributed by atoms with Gasteiger partial charge in [0.05, 0.1) is 11.5 Å². The molecule has 0 atom stereocenters. The van der Waals surface area contributed by atoms with Gasteiger partial charge in [-0.3, -0.25) is 0 Å². The molecule has 2 aliphatic heterocycles. The molecule has 2 fully saturated rings. The molecule has 2 saturated heterocycles. The number of rotatable bonds is 4. The monoisotopic (exact) mass is 348 g/mol. The van der Waals surface area contributed by atoms with E-state index in [1.807, 2.05) is 0 Å². The average molecular weight is 348 g/mol. The Morgan fingerprint density at radius 1 is 0.955 bits per heavy atom. The Balaban J connectivity index is 1.68. The smallest absolute Gasteiger partial charge is 0.246 e. The van der Waals surface area contributed by atoms with Crippen LogP contribution in [0.3, 0.4) is 0 Å². The molecule has 1 aromatic rings. The van der Waals surface area contributed by atoms with Crippen LogP contribution in [0.25, 0.3) is 0 Å². The van der Waals surface area contributed by atoms with E-state index in [1.54, 1.807) is 4.31 Å². The Bertz CT molecular complexity index is 698. The fourth-order valence-electron chi connectivity index (χ4n) is 3.07. The van der Waals surface area contributed by atoms with E-state index in [4.69, 9.17) is 4.42 Å². The summed E-state index contributed by atoms with van der Waals surface area (Å²) in [5, 5.41) is -0.471. The van der Waals surface area contributed by atoms with Gasteiger partial charge >= 0.3 is 0 Å². The van der Waals surface area contributed by atoms with Crippen LogP contribution in [-0.4, -0.2) is 56.9 Å². The van der Waals surface area contributed by atoms with Gasteiger partial charge in [-0.25, -0.2) is 21.1 Å². The summed E-state index contributed by atoms with van der Waals surface area (Å²) in [5.41, 5.74) is 0. The lowest BCUT2D eigenvalue weighted by molar-refractivity contribution is 0.337. The van der Waals surface area contributed by atoms with Crippen molar-refractivity contribution in [2.45, 2.75) is 35.8 Å². The Morgan fingerprint density at radius 3 is 2.14 bits per heavy atom. The third-order valence-corrected chi connectivity index (χ3v) is 8.65. The number of sulfonamides is 2. The highest BCUT2D eigenvalue weighted by molar-refractivity contribution is 7.90. The fourth-order valence-corrected chi connectivity index (χ4v) is 6.46. The zero-order valence-corrected chi connectivity index (χ0v) is 13.9. The SMILES string of the molecule is O=S(=O)(c1ccoc1)N1CCC(S(=O)(=O)N2CCCC2)CC1. The summed E-state index contributed by atoms with van der Waals surface area (Å²) in [6.07, 6.45) is 5.02. The lowest BCUT2D eigenvalue weighted by Crippen LogP contribution is -2.46. The first kappa shape index (κ1) is 16.0. The predicted molar refractivity (Wildman–Crippen MR) is 80.2 cm³/mol. The minimum atomic E-state index is -3.58. The summed E-state index contributed by atoms with van der Waals surface area (Å²) in [7, 11) is -6.87. The zero-order valence-electron chi connectivity index (χ0n) is 12.2. The van der Waals surface area contributed by atoms with Crippen LogP contribution in [0.2, 0.25) is 0 Å². The van der Waals surface area contributed by atoms with Crippen LogP contribution >= 0.6 is 0 Å². The highest BCUT2D eigenvalue weighted by Crippen LogP contribution is 2.27. The molecule has 0 bridgehead atoms. The van der Waals surface area contributed by atoms with E-state index < -0.39 is 25.3 Å². The van der Waals surface area contributed by atoms with E-state index in [0.717, 1.165) is 12.8 Å². The molecule has 0 aliphatic carbocycles. The molecule has 22 heavy (non-hydrogen) atoms. The van der Waals surface area contributed by atoms with Gasteiger partial charge in [0.15, 0.2) is 0 Å². The second kappa shape index (κ2) is 5.95. The van der Waals surface area contributed by atoms with Crippen molar-refractivity contribution in [2.24, 2.45) is 0 Å². The minimum Gasteiger partial charge on any atom is -0.471 e. The van der Waals surface area contributed by atoms with Crippen molar-refractivity contribution in [3.63, 3.8) is 0 Å². The molecule has 0 amide bonds. The van der Waals surface area contributed by atoms with Crippen molar-refractivity contribution >= 4 is 20.0 Å². The molecule has 0 unspecified atom stereocenters. The average Bonchev–Trinajstić information content (AvgIpc) is 3.20. The summed E-state index contributed by atoms with van der Waals surface area (Å²) < 4.78 is 57.5. The molecule has 9 heteroatoms. The van der Waals surface area contributed by atoms with Crippen LogP contribution < -0.4 is 0 Å². The molecule has 0 aromatic carbocycles. The third kappa shape index (κ3) is 2.82. The van der Waals surface area contributed by atoms with Crippen LogP contribution in [0.4, 0.5) is 0 Å². The Kier molecular flexibility index (Phi) is 4.32. The molecule has 0 saturated carbocycles. The first-order valence-electron chi connectivity index (χ1n) is 7.44. The van der Waals surface area contributed by atoms with Gasteiger partial charge < -0.3 is 4.42 Å². The van der Waals surface area contributed by atoms with E-state index in [9.17, 15) is 16.8 Å². The number of piperidine rings is 1. The van der Waals surface area contributed by atoms with Crippen molar-refractivity contribution < 1.29 is 21.3 Å². The Morgan fingerprint density at radius 2 is 1.59 bits per heavy atom. The molecule has 1 aromatic heterocycles. The molecule has 0 radical (unpaired) electrons. The van der Waals surface area contributed by atoms with Crippen LogP contribution in [0.15, 0.2) is 27.9 Å². The van der Waals surface area contributed by atoms with Crippen LogP contribution in [0, 0.1) is 0 Å². The van der Waals surface area contributed by atoms with Crippen molar-refractivity contribution in [3.05, 3.63) is 18.6 Å². The lowest BCUT2D eigenvalue weighted by atomic mass is 10.2. The largest absolute Gasteiger partial charge is 0.471 e. The van der Waals surface area contributed by atoms with Gasteiger partial charge in [-0.05, 0) is 31.7 Å². The topological polar surface area (TPSA) is 87.9 Å². The van der Waals surface area contributed by atoms with E-state index in [1.165, 1.54) is 22.9 Å². The van der Waals surface area contributed by atoms with Gasteiger partial charge in [-0.15, -0.1) is 0 Å². The molecule has 124 valence electrons. The van der Waals surface area contributed by atoms with Gasteiger partial charge in [0.25, 0.3) is 0 Å². The lowest BCUT2D eigenvalue weighted by Gasteiger charge is -2.32. The van der Waals surface area contributed by atoms with Crippen LogP contribution in [-0.2, 0) is 20.0 Å². The van der Waals surface area contributed by atoms with Crippen molar-refractivity contribution in [1.82, 2.24) is 8.61 Å². The minimum absolute atomic E-state index is 0.119. The van der Waals surface area contributed by atoms with Gasteiger partial charge in [0, 0.05) is 26.2 Å². The molecule has 7 nitrogen and oxygen atoms in total. The quantitative estimate of drug-likeness (QED) is 0.805. The zero-order chi connectivity index (χ0) is 15.8. The normalized spacial score (nSPS) is 23.1. The molecule has 2 aliphatic rings. The Hall–Kier alpha value is -0.900. The summed E-state index contributed by atoms with van der Waals surface area (Å²) >= 11 is 0. The second-order valence-electron chi connectivity index (χ2n) is 5.71. The number of furan rings is 1. The van der Waals surface area contributed by atoms with Gasteiger partial charge in [-0.1, -0.05) is 0 Å². The highest BCUT2D eigenvalue weighted by Gasteiger charge is 2.38. The van der Waals surface area contributed by atoms with Crippen LogP contribution in [0.1, 0.15) is 25.7 Å². The first-order valence-corrected chi connectivity index (χ1v) is 10.4. The maximum atomic E-state index is 12.5.